The Morgan fingerprint density at radius 3 is 2.25 bits per heavy atom. The molecule has 2 atom stereocenters. The maximum atomic E-state index is 5.83. The minimum Gasteiger partial charge on any atom is -0.348 e. The Balaban J connectivity index is 1.50. The Morgan fingerprint density at radius 1 is 0.950 bits per heavy atom. The Labute approximate surface area is 123 Å². The molecule has 0 radical (unpaired) electrons. The molecule has 0 aromatic heterocycles. The molecule has 1 spiro atoms. The summed E-state index contributed by atoms with van der Waals surface area (Å²) in [5.41, 5.74) is 0. The first-order chi connectivity index (χ1) is 9.69. The maximum Gasteiger partial charge on any atom is 0.168 e. The summed E-state index contributed by atoms with van der Waals surface area (Å²) in [5.74, 6) is 1.48. The SMILES string of the molecule is CC(C)C1CCCCC1NC1CCC2(CC1)OCCO2. The predicted molar refractivity (Wildman–Crippen MR) is 80.6 cm³/mol. The second-order valence-corrected chi connectivity index (χ2v) is 7.35. The van der Waals surface area contributed by atoms with Crippen LogP contribution in [0, 0.1) is 11.8 Å². The lowest BCUT2D eigenvalue weighted by molar-refractivity contribution is -0.180. The van der Waals surface area contributed by atoms with Gasteiger partial charge in [-0.1, -0.05) is 26.7 Å². The molecular formula is C17H31NO2. The van der Waals surface area contributed by atoms with Gasteiger partial charge in [0.05, 0.1) is 13.2 Å². The van der Waals surface area contributed by atoms with Gasteiger partial charge in [-0.2, -0.15) is 0 Å². The lowest BCUT2D eigenvalue weighted by Gasteiger charge is -2.41. The normalized spacial score (nSPS) is 35.0. The molecular weight excluding hydrogens is 250 g/mol. The molecule has 116 valence electrons. The number of hydrogen-bond acceptors (Lipinski definition) is 3. The van der Waals surface area contributed by atoms with Crippen LogP contribution in [0.1, 0.15) is 65.2 Å². The summed E-state index contributed by atoms with van der Waals surface area (Å²) in [6.45, 7) is 6.35. The molecule has 1 aliphatic heterocycles. The van der Waals surface area contributed by atoms with Crippen LogP contribution < -0.4 is 5.32 Å². The van der Waals surface area contributed by atoms with E-state index in [2.05, 4.69) is 19.2 Å². The van der Waals surface area contributed by atoms with Crippen molar-refractivity contribution in [2.75, 3.05) is 13.2 Å². The summed E-state index contributed by atoms with van der Waals surface area (Å²) >= 11 is 0. The molecule has 20 heavy (non-hydrogen) atoms. The third kappa shape index (κ3) is 3.20. The molecule has 3 heteroatoms. The summed E-state index contributed by atoms with van der Waals surface area (Å²) in [5, 5.41) is 3.98. The smallest absolute Gasteiger partial charge is 0.168 e. The van der Waals surface area contributed by atoms with E-state index < -0.39 is 0 Å². The number of hydrogen-bond donors (Lipinski definition) is 1. The lowest BCUT2D eigenvalue weighted by atomic mass is 9.77. The quantitative estimate of drug-likeness (QED) is 0.859. The standard InChI is InChI=1S/C17H31NO2/c1-13(2)15-5-3-4-6-16(15)18-14-7-9-17(10-8-14)19-11-12-20-17/h13-16,18H,3-12H2,1-2H3. The molecule has 0 bridgehead atoms. The first kappa shape index (κ1) is 14.8. The number of ether oxygens (including phenoxy) is 2. The molecule has 2 saturated carbocycles. The van der Waals surface area contributed by atoms with Crippen molar-refractivity contribution in [1.29, 1.82) is 0 Å². The van der Waals surface area contributed by atoms with Crippen LogP contribution in [0.15, 0.2) is 0 Å². The van der Waals surface area contributed by atoms with Crippen LogP contribution in [0.2, 0.25) is 0 Å². The number of rotatable bonds is 3. The molecule has 3 rings (SSSR count). The Hall–Kier alpha value is -0.120. The molecule has 0 aromatic rings. The van der Waals surface area contributed by atoms with Crippen LogP contribution >= 0.6 is 0 Å². The van der Waals surface area contributed by atoms with Gasteiger partial charge in [0.2, 0.25) is 0 Å². The molecule has 0 amide bonds. The van der Waals surface area contributed by atoms with E-state index in [1.807, 2.05) is 0 Å². The molecule has 3 aliphatic rings. The van der Waals surface area contributed by atoms with Crippen LogP contribution in [0.5, 0.6) is 0 Å². The Morgan fingerprint density at radius 2 is 1.60 bits per heavy atom. The molecule has 1 N–H and O–H groups in total. The van der Waals surface area contributed by atoms with Crippen LogP contribution in [0.25, 0.3) is 0 Å². The van der Waals surface area contributed by atoms with E-state index in [1.54, 1.807) is 0 Å². The van der Waals surface area contributed by atoms with Crippen molar-refractivity contribution in [1.82, 2.24) is 5.32 Å². The fraction of sp³-hybridized carbons (Fsp3) is 1.00. The zero-order valence-electron chi connectivity index (χ0n) is 13.2. The van der Waals surface area contributed by atoms with Crippen LogP contribution in [-0.2, 0) is 9.47 Å². The first-order valence-corrected chi connectivity index (χ1v) is 8.72. The second kappa shape index (κ2) is 6.33. The fourth-order valence-electron chi connectivity index (χ4n) is 4.48. The van der Waals surface area contributed by atoms with Crippen molar-refractivity contribution < 1.29 is 9.47 Å². The van der Waals surface area contributed by atoms with E-state index in [4.69, 9.17) is 9.47 Å². The molecule has 1 saturated heterocycles. The van der Waals surface area contributed by atoms with Gasteiger partial charge in [0, 0.05) is 24.9 Å². The highest BCUT2D eigenvalue weighted by molar-refractivity contribution is 4.90. The van der Waals surface area contributed by atoms with Crippen molar-refractivity contribution in [3.63, 3.8) is 0 Å². The van der Waals surface area contributed by atoms with Crippen molar-refractivity contribution in [3.05, 3.63) is 0 Å². The topological polar surface area (TPSA) is 30.5 Å². The summed E-state index contributed by atoms with van der Waals surface area (Å²) in [4.78, 5) is 0. The summed E-state index contributed by atoms with van der Waals surface area (Å²) < 4.78 is 11.7. The van der Waals surface area contributed by atoms with Gasteiger partial charge in [0.25, 0.3) is 0 Å². The lowest BCUT2D eigenvalue weighted by Crippen LogP contribution is -2.49. The van der Waals surface area contributed by atoms with Crippen molar-refractivity contribution >= 4 is 0 Å². The highest BCUT2D eigenvalue weighted by atomic mass is 16.7. The Bertz CT molecular complexity index is 302. The van der Waals surface area contributed by atoms with E-state index in [9.17, 15) is 0 Å². The number of nitrogens with one attached hydrogen (secondary N) is 1. The van der Waals surface area contributed by atoms with Gasteiger partial charge in [-0.25, -0.2) is 0 Å². The highest BCUT2D eigenvalue weighted by Crippen LogP contribution is 2.37. The van der Waals surface area contributed by atoms with Gasteiger partial charge in [-0.3, -0.25) is 0 Å². The van der Waals surface area contributed by atoms with Crippen molar-refractivity contribution in [3.8, 4) is 0 Å². The van der Waals surface area contributed by atoms with E-state index in [0.717, 1.165) is 43.9 Å². The van der Waals surface area contributed by atoms with Gasteiger partial charge in [0.1, 0.15) is 0 Å². The van der Waals surface area contributed by atoms with Gasteiger partial charge in [0.15, 0.2) is 5.79 Å². The molecule has 3 nitrogen and oxygen atoms in total. The second-order valence-electron chi connectivity index (χ2n) is 7.35. The monoisotopic (exact) mass is 281 g/mol. The minimum absolute atomic E-state index is 0.206. The Kier molecular flexibility index (Phi) is 4.68. The largest absolute Gasteiger partial charge is 0.348 e. The average molecular weight is 281 g/mol. The van der Waals surface area contributed by atoms with Gasteiger partial charge in [-0.05, 0) is 37.5 Å². The third-order valence-electron chi connectivity index (χ3n) is 5.69. The minimum atomic E-state index is -0.206. The molecule has 1 heterocycles. The molecule has 0 aromatic carbocycles. The predicted octanol–water partition coefficient (Wildman–Crippen LogP) is 3.48. The van der Waals surface area contributed by atoms with E-state index >= 15 is 0 Å². The van der Waals surface area contributed by atoms with E-state index in [-0.39, 0.29) is 5.79 Å². The van der Waals surface area contributed by atoms with E-state index in [0.29, 0.717) is 6.04 Å². The highest BCUT2D eigenvalue weighted by Gasteiger charge is 2.41. The molecule has 3 fully saturated rings. The van der Waals surface area contributed by atoms with Gasteiger partial charge >= 0.3 is 0 Å². The third-order valence-corrected chi connectivity index (χ3v) is 5.69. The summed E-state index contributed by atoms with van der Waals surface area (Å²) in [6, 6.07) is 1.42. The maximum absolute atomic E-state index is 5.83. The first-order valence-electron chi connectivity index (χ1n) is 8.72. The van der Waals surface area contributed by atoms with Crippen LogP contribution in [0.4, 0.5) is 0 Å². The average Bonchev–Trinajstić information content (AvgIpc) is 2.90. The van der Waals surface area contributed by atoms with Crippen molar-refractivity contribution in [2.24, 2.45) is 11.8 Å². The van der Waals surface area contributed by atoms with Gasteiger partial charge < -0.3 is 14.8 Å². The van der Waals surface area contributed by atoms with Crippen LogP contribution in [-0.4, -0.2) is 31.1 Å². The van der Waals surface area contributed by atoms with E-state index in [1.165, 1.54) is 38.5 Å². The molecule has 2 unspecified atom stereocenters. The zero-order chi connectivity index (χ0) is 14.0. The summed E-state index contributed by atoms with van der Waals surface area (Å²) in [7, 11) is 0. The zero-order valence-corrected chi connectivity index (χ0v) is 13.2. The van der Waals surface area contributed by atoms with Crippen LogP contribution in [0.3, 0.4) is 0 Å². The summed E-state index contributed by atoms with van der Waals surface area (Å²) in [6.07, 6.45) is 10.2. The molecule has 2 aliphatic carbocycles. The fourth-order valence-corrected chi connectivity index (χ4v) is 4.48. The van der Waals surface area contributed by atoms with Gasteiger partial charge in [-0.15, -0.1) is 0 Å². The van der Waals surface area contributed by atoms with Crippen molar-refractivity contribution in [2.45, 2.75) is 83.1 Å².